The van der Waals surface area contributed by atoms with Gasteiger partial charge in [-0.2, -0.15) is 0 Å². The first-order valence-corrected chi connectivity index (χ1v) is 17.1. The van der Waals surface area contributed by atoms with Crippen LogP contribution in [0.25, 0.3) is 0 Å². The Hall–Kier alpha value is -2.94. The van der Waals surface area contributed by atoms with Crippen LogP contribution in [-0.2, 0) is 19.1 Å². The number of anilines is 1. The van der Waals surface area contributed by atoms with E-state index in [0.717, 1.165) is 19.3 Å². The summed E-state index contributed by atoms with van der Waals surface area (Å²) in [6, 6.07) is 1.73. The summed E-state index contributed by atoms with van der Waals surface area (Å²) < 4.78 is 5.44. The first-order chi connectivity index (χ1) is 21.2. The summed E-state index contributed by atoms with van der Waals surface area (Å²) in [6.45, 7) is 10.3. The molecule has 1 aliphatic heterocycles. The Bertz CT molecular complexity index is 1180. The average molecular weight is 648 g/mol. The number of carbonyl (C=O) groups is 5. The quantitative estimate of drug-likeness (QED) is 0.0636. The van der Waals surface area contributed by atoms with Gasteiger partial charge in [0.25, 0.3) is 11.8 Å². The van der Waals surface area contributed by atoms with Gasteiger partial charge in [0, 0.05) is 5.41 Å². The van der Waals surface area contributed by atoms with Gasteiger partial charge in [-0.1, -0.05) is 123 Å². The molecule has 45 heavy (non-hydrogen) atoms. The highest BCUT2D eigenvalue weighted by Gasteiger charge is 2.53. The molecule has 0 spiro atoms. The van der Waals surface area contributed by atoms with Crippen molar-refractivity contribution in [3.63, 3.8) is 0 Å². The second-order valence-electron chi connectivity index (χ2n) is 13.7. The molecule has 0 saturated carbocycles. The molecule has 2 N–H and O–H groups in total. The normalized spacial score (nSPS) is 15.1. The molecule has 0 bridgehead atoms. The van der Waals surface area contributed by atoms with Crippen LogP contribution in [0.15, 0.2) is 18.2 Å². The highest BCUT2D eigenvalue weighted by atomic mass is 35.5. The lowest BCUT2D eigenvalue weighted by molar-refractivity contribution is -0.144. The topological polar surface area (TPSA) is 122 Å². The Balaban J connectivity index is 1.84. The number of hydrogen-bond donors (Lipinski definition) is 2. The summed E-state index contributed by atoms with van der Waals surface area (Å²) in [5, 5.41) is 5.18. The summed E-state index contributed by atoms with van der Waals surface area (Å²) >= 11 is 6.32. The summed E-state index contributed by atoms with van der Waals surface area (Å²) in [5.74, 6) is -2.79. The first kappa shape index (κ1) is 38.2. The minimum Gasteiger partial charge on any atom is -0.462 e. The zero-order chi connectivity index (χ0) is 33.6. The van der Waals surface area contributed by atoms with Crippen molar-refractivity contribution in [2.24, 2.45) is 5.41 Å². The van der Waals surface area contributed by atoms with E-state index >= 15 is 0 Å². The lowest BCUT2D eigenvalue weighted by atomic mass is 9.85. The molecular weight excluding hydrogens is 594 g/mol. The van der Waals surface area contributed by atoms with Crippen LogP contribution in [0.2, 0.25) is 5.02 Å². The number of carbonyl (C=O) groups excluding carboxylic acids is 5. The molecule has 1 saturated heterocycles. The number of esters is 1. The van der Waals surface area contributed by atoms with Crippen LogP contribution in [0.5, 0.6) is 0 Å². The molecule has 9 nitrogen and oxygen atoms in total. The number of ketones is 1. The number of amides is 4. The highest BCUT2D eigenvalue weighted by molar-refractivity contribution is 6.34. The van der Waals surface area contributed by atoms with Gasteiger partial charge in [-0.15, -0.1) is 0 Å². The van der Waals surface area contributed by atoms with Gasteiger partial charge in [0.1, 0.15) is 5.54 Å². The van der Waals surface area contributed by atoms with Crippen LogP contribution in [0.4, 0.5) is 10.5 Å². The molecule has 0 aromatic heterocycles. The van der Waals surface area contributed by atoms with Crippen molar-refractivity contribution in [1.82, 2.24) is 10.2 Å². The van der Waals surface area contributed by atoms with E-state index < -0.39 is 46.6 Å². The van der Waals surface area contributed by atoms with Crippen molar-refractivity contribution < 1.29 is 28.7 Å². The molecule has 1 unspecified atom stereocenters. The van der Waals surface area contributed by atoms with Gasteiger partial charge < -0.3 is 15.4 Å². The van der Waals surface area contributed by atoms with Crippen LogP contribution in [0.1, 0.15) is 142 Å². The Kier molecular flexibility index (Phi) is 15.5. The molecule has 10 heteroatoms. The molecule has 4 amide bonds. The number of benzene rings is 1. The predicted molar refractivity (Wildman–Crippen MR) is 178 cm³/mol. The lowest BCUT2D eigenvalue weighted by Gasteiger charge is -2.29. The standard InChI is InChI=1S/C35H54ClN3O6/c1-7-8-9-10-11-12-13-14-15-16-17-18-19-20-23-45-31(42)25-21-22-26(36)27(24-25)37-30(41)28(29(40)34(2,3)4)39-32(43)35(5,6)38-33(39)44/h21-22,24,28H,7-20,23H2,1-6H3,(H,37,41)(H,38,44). The molecule has 1 aromatic rings. The molecular formula is C35H54ClN3O6. The smallest absolute Gasteiger partial charge is 0.338 e. The van der Waals surface area contributed by atoms with Crippen LogP contribution in [-0.4, -0.2) is 52.7 Å². The van der Waals surface area contributed by atoms with Crippen LogP contribution < -0.4 is 10.6 Å². The number of ether oxygens (including phenoxy) is 1. The zero-order valence-electron chi connectivity index (χ0n) is 28.2. The molecule has 1 aromatic carbocycles. The summed E-state index contributed by atoms with van der Waals surface area (Å²) in [5.41, 5.74) is -2.08. The summed E-state index contributed by atoms with van der Waals surface area (Å²) in [7, 11) is 0. The highest BCUT2D eigenvalue weighted by Crippen LogP contribution is 2.29. The van der Waals surface area contributed by atoms with Crippen molar-refractivity contribution in [2.45, 2.75) is 143 Å². The number of unbranched alkanes of at least 4 members (excludes halogenated alkanes) is 13. The van der Waals surface area contributed by atoms with E-state index in [0.29, 0.717) is 4.90 Å². The number of hydrogen-bond acceptors (Lipinski definition) is 6. The van der Waals surface area contributed by atoms with Crippen LogP contribution in [0.3, 0.4) is 0 Å². The predicted octanol–water partition coefficient (Wildman–Crippen LogP) is 8.23. The van der Waals surface area contributed by atoms with Gasteiger partial charge in [-0.25, -0.2) is 14.5 Å². The van der Waals surface area contributed by atoms with E-state index in [4.69, 9.17) is 16.3 Å². The molecule has 0 aliphatic carbocycles. The molecule has 1 atom stereocenters. The Morgan fingerprint density at radius 1 is 0.889 bits per heavy atom. The molecule has 252 valence electrons. The average Bonchev–Trinajstić information content (AvgIpc) is 3.17. The molecule has 1 fully saturated rings. The van der Waals surface area contributed by atoms with Gasteiger partial charge in [-0.3, -0.25) is 14.4 Å². The Labute approximate surface area is 274 Å². The molecule has 2 rings (SSSR count). The molecule has 1 aliphatic rings. The molecule has 1 heterocycles. The number of urea groups is 1. The lowest BCUT2D eigenvalue weighted by Crippen LogP contribution is -2.55. The van der Waals surface area contributed by atoms with E-state index in [1.807, 2.05) is 0 Å². The van der Waals surface area contributed by atoms with E-state index in [2.05, 4.69) is 17.6 Å². The van der Waals surface area contributed by atoms with Crippen molar-refractivity contribution in [3.05, 3.63) is 28.8 Å². The number of imide groups is 1. The third-order valence-electron chi connectivity index (χ3n) is 8.08. The van der Waals surface area contributed by atoms with Crippen molar-refractivity contribution >= 4 is 46.9 Å². The minimum atomic E-state index is -1.73. The third kappa shape index (κ3) is 12.1. The Morgan fingerprint density at radius 2 is 1.40 bits per heavy atom. The zero-order valence-corrected chi connectivity index (χ0v) is 28.9. The Morgan fingerprint density at radius 3 is 1.87 bits per heavy atom. The number of halogens is 1. The fourth-order valence-electron chi connectivity index (χ4n) is 5.27. The van der Waals surface area contributed by atoms with Crippen molar-refractivity contribution in [2.75, 3.05) is 11.9 Å². The van der Waals surface area contributed by atoms with Crippen LogP contribution >= 0.6 is 11.6 Å². The van der Waals surface area contributed by atoms with Gasteiger partial charge in [0.15, 0.2) is 11.8 Å². The maximum atomic E-state index is 13.5. The van der Waals surface area contributed by atoms with Gasteiger partial charge >= 0.3 is 12.0 Å². The van der Waals surface area contributed by atoms with Crippen molar-refractivity contribution in [3.8, 4) is 0 Å². The SMILES string of the molecule is CCCCCCCCCCCCCCCCOC(=O)c1ccc(Cl)c(NC(=O)C(C(=O)C(C)(C)C)N2C(=O)NC(C)(C)C2=O)c1. The fraction of sp³-hybridized carbons (Fsp3) is 0.686. The van der Waals surface area contributed by atoms with E-state index in [1.54, 1.807) is 20.8 Å². The summed E-state index contributed by atoms with van der Waals surface area (Å²) in [6.07, 6.45) is 17.3. The number of Topliss-reactive ketones (excluding diaryl/α,β-unsaturated/α-hetero) is 1. The first-order valence-electron chi connectivity index (χ1n) is 16.7. The van der Waals surface area contributed by atoms with Gasteiger partial charge in [0.2, 0.25) is 0 Å². The molecule has 0 radical (unpaired) electrons. The van der Waals surface area contributed by atoms with Gasteiger partial charge in [0.05, 0.1) is 22.9 Å². The van der Waals surface area contributed by atoms with Crippen LogP contribution in [0, 0.1) is 5.41 Å². The maximum Gasteiger partial charge on any atom is 0.338 e. The van der Waals surface area contributed by atoms with E-state index in [1.165, 1.54) is 103 Å². The number of nitrogens with one attached hydrogen (secondary N) is 2. The summed E-state index contributed by atoms with van der Waals surface area (Å²) in [4.78, 5) is 65.9. The maximum absolute atomic E-state index is 13.5. The minimum absolute atomic E-state index is 0.0608. The largest absolute Gasteiger partial charge is 0.462 e. The third-order valence-corrected chi connectivity index (χ3v) is 8.41. The second kappa shape index (κ2) is 18.3. The number of nitrogens with zero attached hydrogens (tertiary/aromatic N) is 1. The second-order valence-corrected chi connectivity index (χ2v) is 14.1. The monoisotopic (exact) mass is 647 g/mol. The number of rotatable bonds is 20. The van der Waals surface area contributed by atoms with Crippen molar-refractivity contribution in [1.29, 1.82) is 0 Å². The fourth-order valence-corrected chi connectivity index (χ4v) is 5.43. The van der Waals surface area contributed by atoms with E-state index in [-0.39, 0.29) is 22.9 Å². The van der Waals surface area contributed by atoms with Gasteiger partial charge in [-0.05, 0) is 38.5 Å². The van der Waals surface area contributed by atoms with E-state index in [9.17, 15) is 24.0 Å².